The molecule has 3 aliphatic rings. The van der Waals surface area contributed by atoms with E-state index in [0.29, 0.717) is 37.1 Å². The Morgan fingerprint density at radius 2 is 1.76 bits per heavy atom. The predicted octanol–water partition coefficient (Wildman–Crippen LogP) is 3.60. The summed E-state index contributed by atoms with van der Waals surface area (Å²) in [7, 11) is 0. The summed E-state index contributed by atoms with van der Waals surface area (Å²) in [4.78, 5) is 47.2. The van der Waals surface area contributed by atoms with Gasteiger partial charge in [0.2, 0.25) is 5.91 Å². The van der Waals surface area contributed by atoms with Crippen molar-refractivity contribution in [3.8, 4) is 0 Å². The average Bonchev–Trinajstić information content (AvgIpc) is 3.49. The molecule has 1 atom stereocenters. The number of carbonyl (C=O) groups excluding carboxylic acids is 3. The number of carbonyl (C=O) groups is 3. The van der Waals surface area contributed by atoms with Crippen LogP contribution in [0.2, 0.25) is 0 Å². The highest BCUT2D eigenvalue weighted by atomic mass is 19.1. The van der Waals surface area contributed by atoms with Crippen LogP contribution in [0.4, 0.5) is 9.18 Å². The fraction of sp³-hybridized carbons (Fsp3) is 0.462. The number of amides is 4. The molecule has 1 aromatic carbocycles. The number of nitrogens with one attached hydrogen (secondary N) is 1. The van der Waals surface area contributed by atoms with E-state index in [0.717, 1.165) is 25.7 Å². The second-order valence-electron chi connectivity index (χ2n) is 9.58. The van der Waals surface area contributed by atoms with E-state index in [1.807, 2.05) is 11.0 Å². The number of likely N-dealkylation sites (tertiary alicyclic amines) is 1. The largest absolute Gasteiger partial charge is 0.342 e. The van der Waals surface area contributed by atoms with Crippen molar-refractivity contribution in [3.05, 3.63) is 65.7 Å². The quantitative estimate of drug-likeness (QED) is 0.686. The van der Waals surface area contributed by atoms with E-state index in [4.69, 9.17) is 0 Å². The second kappa shape index (κ2) is 9.16. The number of pyridine rings is 1. The number of hydrogen-bond acceptors (Lipinski definition) is 4. The molecule has 178 valence electrons. The van der Waals surface area contributed by atoms with Gasteiger partial charge in [-0.2, -0.15) is 0 Å². The lowest BCUT2D eigenvalue weighted by atomic mass is 9.73. The topological polar surface area (TPSA) is 82.6 Å². The standard InChI is InChI=1S/C26H29FN4O3/c27-22-9-7-18(8-10-22)17-31-24(33)26(29-25(31)34,21-6-3-13-28-16-21)20-11-14-30(15-12-20)23(32)19-4-1-2-5-19/h3,6-10,13,16,19-20H,1-2,4-5,11-12,14-15,17H2,(H,29,34). The summed E-state index contributed by atoms with van der Waals surface area (Å²) in [5, 5.41) is 3.00. The van der Waals surface area contributed by atoms with Gasteiger partial charge in [0, 0.05) is 37.0 Å². The van der Waals surface area contributed by atoms with Crippen LogP contribution in [0.1, 0.15) is 49.7 Å². The lowest BCUT2D eigenvalue weighted by Gasteiger charge is -2.41. The predicted molar refractivity (Wildman–Crippen MR) is 123 cm³/mol. The van der Waals surface area contributed by atoms with E-state index >= 15 is 0 Å². The van der Waals surface area contributed by atoms with Gasteiger partial charge in [0.1, 0.15) is 5.82 Å². The zero-order valence-electron chi connectivity index (χ0n) is 19.1. The Labute approximate surface area is 198 Å². The van der Waals surface area contributed by atoms with Crippen LogP contribution >= 0.6 is 0 Å². The van der Waals surface area contributed by atoms with Gasteiger partial charge in [0.25, 0.3) is 5.91 Å². The molecule has 3 fully saturated rings. The number of halogens is 1. The molecule has 0 radical (unpaired) electrons. The maximum Gasteiger partial charge on any atom is 0.325 e. The normalized spacial score (nSPS) is 24.0. The molecule has 3 heterocycles. The molecule has 1 saturated carbocycles. The summed E-state index contributed by atoms with van der Waals surface area (Å²) >= 11 is 0. The SMILES string of the molecule is O=C(C1CCCC1)N1CCC(C2(c3cccnc3)NC(=O)N(Cc3ccc(F)cc3)C2=O)CC1. The van der Waals surface area contributed by atoms with E-state index in [-0.39, 0.29) is 36.0 Å². The van der Waals surface area contributed by atoms with Crippen molar-refractivity contribution in [3.63, 3.8) is 0 Å². The van der Waals surface area contributed by atoms with Crippen LogP contribution in [0.5, 0.6) is 0 Å². The van der Waals surface area contributed by atoms with E-state index in [1.165, 1.54) is 17.0 Å². The fourth-order valence-corrected chi connectivity index (χ4v) is 5.78. The van der Waals surface area contributed by atoms with Crippen molar-refractivity contribution in [1.29, 1.82) is 0 Å². The van der Waals surface area contributed by atoms with Gasteiger partial charge >= 0.3 is 6.03 Å². The number of piperidine rings is 1. The van der Waals surface area contributed by atoms with Crippen molar-refractivity contribution in [2.75, 3.05) is 13.1 Å². The molecule has 7 nitrogen and oxygen atoms in total. The Kier molecular flexibility index (Phi) is 6.06. The molecule has 8 heteroatoms. The average molecular weight is 465 g/mol. The van der Waals surface area contributed by atoms with E-state index in [2.05, 4.69) is 10.3 Å². The molecule has 34 heavy (non-hydrogen) atoms. The Bertz CT molecular complexity index is 1060. The maximum atomic E-state index is 13.9. The van der Waals surface area contributed by atoms with Crippen LogP contribution in [0.15, 0.2) is 48.8 Å². The minimum atomic E-state index is -1.23. The molecule has 0 bridgehead atoms. The van der Waals surface area contributed by atoms with Crippen molar-refractivity contribution in [2.24, 2.45) is 11.8 Å². The number of nitrogens with zero attached hydrogens (tertiary/aromatic N) is 3. The number of aromatic nitrogens is 1. The third-order valence-corrected chi connectivity index (χ3v) is 7.63. The van der Waals surface area contributed by atoms with Gasteiger partial charge in [-0.25, -0.2) is 9.18 Å². The molecule has 1 unspecified atom stereocenters. The summed E-state index contributed by atoms with van der Waals surface area (Å²) in [6.07, 6.45) is 8.65. The van der Waals surface area contributed by atoms with Crippen molar-refractivity contribution >= 4 is 17.8 Å². The zero-order valence-corrected chi connectivity index (χ0v) is 19.1. The van der Waals surface area contributed by atoms with Gasteiger partial charge in [-0.15, -0.1) is 0 Å². The number of benzene rings is 1. The molecule has 1 aromatic heterocycles. The first-order chi connectivity index (χ1) is 16.5. The smallest absolute Gasteiger partial charge is 0.325 e. The third kappa shape index (κ3) is 3.95. The first-order valence-electron chi connectivity index (χ1n) is 12.1. The summed E-state index contributed by atoms with van der Waals surface area (Å²) in [5.41, 5.74) is 0.0906. The minimum absolute atomic E-state index is 0.0615. The monoisotopic (exact) mass is 464 g/mol. The molecular formula is C26H29FN4O3. The van der Waals surface area contributed by atoms with Crippen LogP contribution in [-0.2, 0) is 21.7 Å². The molecule has 0 spiro atoms. The lowest BCUT2D eigenvalue weighted by Crippen LogP contribution is -2.54. The summed E-state index contributed by atoms with van der Waals surface area (Å²) in [5.74, 6) is -0.507. The molecule has 2 saturated heterocycles. The third-order valence-electron chi connectivity index (χ3n) is 7.63. The minimum Gasteiger partial charge on any atom is -0.342 e. The van der Waals surface area contributed by atoms with Crippen LogP contribution < -0.4 is 5.32 Å². The number of rotatable bonds is 5. The molecule has 2 aromatic rings. The number of urea groups is 1. The molecular weight excluding hydrogens is 435 g/mol. The van der Waals surface area contributed by atoms with Crippen molar-refractivity contribution < 1.29 is 18.8 Å². The Morgan fingerprint density at radius 3 is 2.41 bits per heavy atom. The molecule has 1 aliphatic carbocycles. The van der Waals surface area contributed by atoms with E-state index < -0.39 is 11.6 Å². The molecule has 4 amide bonds. The Morgan fingerprint density at radius 1 is 1.06 bits per heavy atom. The highest BCUT2D eigenvalue weighted by molar-refractivity contribution is 6.07. The fourth-order valence-electron chi connectivity index (χ4n) is 5.78. The Hall–Kier alpha value is -3.29. The number of hydrogen-bond donors (Lipinski definition) is 1. The van der Waals surface area contributed by atoms with Gasteiger partial charge < -0.3 is 10.2 Å². The molecule has 2 aliphatic heterocycles. The first kappa shape index (κ1) is 22.5. The highest BCUT2D eigenvalue weighted by Crippen LogP contribution is 2.42. The van der Waals surface area contributed by atoms with Crippen LogP contribution in [0.3, 0.4) is 0 Å². The highest BCUT2D eigenvalue weighted by Gasteiger charge is 2.57. The zero-order chi connectivity index (χ0) is 23.7. The second-order valence-corrected chi connectivity index (χ2v) is 9.58. The van der Waals surface area contributed by atoms with Gasteiger partial charge in [-0.05, 0) is 55.4 Å². The molecule has 1 N–H and O–H groups in total. The first-order valence-corrected chi connectivity index (χ1v) is 12.1. The van der Waals surface area contributed by atoms with E-state index in [9.17, 15) is 18.8 Å². The van der Waals surface area contributed by atoms with Crippen LogP contribution in [0, 0.1) is 17.7 Å². The van der Waals surface area contributed by atoms with Crippen LogP contribution in [0.25, 0.3) is 0 Å². The van der Waals surface area contributed by atoms with Gasteiger partial charge in [0.15, 0.2) is 5.54 Å². The van der Waals surface area contributed by atoms with Gasteiger partial charge in [-0.1, -0.05) is 31.0 Å². The lowest BCUT2D eigenvalue weighted by molar-refractivity contribution is -0.139. The summed E-state index contributed by atoms with van der Waals surface area (Å²) in [6, 6.07) is 8.90. The summed E-state index contributed by atoms with van der Waals surface area (Å²) < 4.78 is 13.3. The molecule has 5 rings (SSSR count). The maximum absolute atomic E-state index is 13.9. The van der Waals surface area contributed by atoms with Gasteiger partial charge in [-0.3, -0.25) is 19.5 Å². The van der Waals surface area contributed by atoms with Crippen molar-refractivity contribution in [2.45, 2.75) is 50.6 Å². The Balaban J connectivity index is 1.39. The van der Waals surface area contributed by atoms with Crippen LogP contribution in [-0.4, -0.2) is 45.7 Å². The van der Waals surface area contributed by atoms with Crippen molar-refractivity contribution in [1.82, 2.24) is 20.1 Å². The number of imide groups is 1. The van der Waals surface area contributed by atoms with Gasteiger partial charge in [0.05, 0.1) is 6.54 Å². The van der Waals surface area contributed by atoms with E-state index in [1.54, 1.807) is 30.6 Å². The summed E-state index contributed by atoms with van der Waals surface area (Å²) in [6.45, 7) is 1.21.